The Morgan fingerprint density at radius 1 is 1.33 bits per heavy atom. The van der Waals surface area contributed by atoms with Crippen LogP contribution in [0.4, 0.5) is 0 Å². The number of aliphatic carboxylic acids is 1. The number of carboxylic acids is 1. The van der Waals surface area contributed by atoms with Crippen LogP contribution >= 0.6 is 0 Å². The normalized spacial score (nSPS) is 13.4. The molecule has 0 aliphatic carbocycles. The van der Waals surface area contributed by atoms with E-state index in [9.17, 15) is 13.8 Å². The minimum absolute atomic E-state index is 0.0920. The van der Waals surface area contributed by atoms with Crippen molar-refractivity contribution < 1.29 is 23.6 Å². The molecule has 0 radical (unpaired) electrons. The first-order chi connectivity index (χ1) is 10.0. The summed E-state index contributed by atoms with van der Waals surface area (Å²) < 4.78 is 16.9. The molecule has 2 atom stereocenters. The van der Waals surface area contributed by atoms with Gasteiger partial charge in [-0.05, 0) is 25.5 Å². The Balaban J connectivity index is 2.50. The molecule has 0 aliphatic rings. The van der Waals surface area contributed by atoms with Crippen LogP contribution in [-0.2, 0) is 25.1 Å². The summed E-state index contributed by atoms with van der Waals surface area (Å²) in [7, 11) is -1.29. The molecule has 0 saturated carbocycles. The molecule has 1 aromatic carbocycles. The highest BCUT2D eigenvalue weighted by Crippen LogP contribution is 2.08. The van der Waals surface area contributed by atoms with Crippen LogP contribution in [0.3, 0.4) is 0 Å². The first-order valence-corrected chi connectivity index (χ1v) is 7.89. The second kappa shape index (κ2) is 9.25. The largest absolute Gasteiger partial charge is 0.480 e. The van der Waals surface area contributed by atoms with Crippen LogP contribution in [-0.4, -0.2) is 46.2 Å². The Kier molecular flexibility index (Phi) is 7.63. The van der Waals surface area contributed by atoms with E-state index in [-0.39, 0.29) is 18.8 Å². The van der Waals surface area contributed by atoms with Crippen LogP contribution < -0.4 is 5.32 Å². The molecule has 7 heteroatoms. The molecular formula is C14H19NO5S. The molecule has 6 nitrogen and oxygen atoms in total. The summed E-state index contributed by atoms with van der Waals surface area (Å²) in [5, 5.41) is 11.4. The fourth-order valence-electron chi connectivity index (χ4n) is 1.60. The van der Waals surface area contributed by atoms with Gasteiger partial charge in [-0.25, -0.2) is 4.79 Å². The van der Waals surface area contributed by atoms with E-state index in [1.807, 2.05) is 6.07 Å². The molecule has 2 N–H and O–H groups in total. The van der Waals surface area contributed by atoms with E-state index in [1.165, 1.54) is 0 Å². The molecule has 0 fully saturated rings. The highest BCUT2D eigenvalue weighted by Gasteiger charge is 2.20. The molecule has 0 aliphatic heterocycles. The number of hydrogen-bond donors (Lipinski definition) is 2. The van der Waals surface area contributed by atoms with Gasteiger partial charge in [0, 0.05) is 17.3 Å². The summed E-state index contributed by atoms with van der Waals surface area (Å²) >= 11 is 0. The predicted molar refractivity (Wildman–Crippen MR) is 78.4 cm³/mol. The summed E-state index contributed by atoms with van der Waals surface area (Å²) in [5.74, 6) is -1.48. The molecule has 0 spiro atoms. The molecule has 21 heavy (non-hydrogen) atoms. The number of nitrogens with one attached hydrogen (secondary N) is 1. The molecular weight excluding hydrogens is 294 g/mol. The van der Waals surface area contributed by atoms with E-state index in [1.54, 1.807) is 31.2 Å². The summed E-state index contributed by atoms with van der Waals surface area (Å²) in [4.78, 5) is 23.2. The monoisotopic (exact) mass is 313 g/mol. The van der Waals surface area contributed by atoms with Crippen molar-refractivity contribution in [3.63, 3.8) is 0 Å². The second-order valence-electron chi connectivity index (χ2n) is 4.25. The lowest BCUT2D eigenvalue weighted by Crippen LogP contribution is -2.43. The van der Waals surface area contributed by atoms with Crippen molar-refractivity contribution in [2.24, 2.45) is 0 Å². The average Bonchev–Trinajstić information content (AvgIpc) is 2.49. The number of carbonyl (C=O) groups excluding carboxylic acids is 1. The zero-order valence-corrected chi connectivity index (χ0v) is 12.6. The third kappa shape index (κ3) is 6.50. The van der Waals surface area contributed by atoms with Crippen molar-refractivity contribution in [3.05, 3.63) is 30.3 Å². The van der Waals surface area contributed by atoms with Gasteiger partial charge in [-0.3, -0.25) is 9.00 Å². The summed E-state index contributed by atoms with van der Waals surface area (Å²) in [6.07, 6.45) is 0.0920. The summed E-state index contributed by atoms with van der Waals surface area (Å²) in [5.41, 5.74) is 0. The van der Waals surface area contributed by atoms with Gasteiger partial charge in [0.15, 0.2) is 0 Å². The standard InChI is InChI=1S/C14H19NO5S/c1-2-20-10-13(16)15-12(14(17)18)8-9-21(19)11-6-4-3-5-7-11/h3-7,12H,2,8-10H2,1H3,(H,15,16)(H,17,18)/t12-,21-/m0/s1. The van der Waals surface area contributed by atoms with Gasteiger partial charge in [-0.2, -0.15) is 0 Å². The lowest BCUT2D eigenvalue weighted by Gasteiger charge is -2.14. The molecule has 0 heterocycles. The molecule has 1 rings (SSSR count). The molecule has 0 bridgehead atoms. The highest BCUT2D eigenvalue weighted by atomic mass is 32.2. The highest BCUT2D eigenvalue weighted by molar-refractivity contribution is 7.85. The second-order valence-corrected chi connectivity index (χ2v) is 5.82. The number of amides is 1. The Bertz CT molecular complexity index is 491. The van der Waals surface area contributed by atoms with Gasteiger partial charge < -0.3 is 15.2 Å². The van der Waals surface area contributed by atoms with E-state index in [0.29, 0.717) is 11.5 Å². The van der Waals surface area contributed by atoms with Gasteiger partial charge in [-0.15, -0.1) is 0 Å². The Hall–Kier alpha value is -1.73. The van der Waals surface area contributed by atoms with E-state index in [0.717, 1.165) is 0 Å². The maximum atomic E-state index is 12.0. The van der Waals surface area contributed by atoms with E-state index >= 15 is 0 Å². The van der Waals surface area contributed by atoms with Crippen molar-refractivity contribution in [1.82, 2.24) is 5.32 Å². The molecule has 0 unspecified atom stereocenters. The van der Waals surface area contributed by atoms with Crippen LogP contribution in [0.25, 0.3) is 0 Å². The first-order valence-electron chi connectivity index (χ1n) is 6.58. The third-order valence-electron chi connectivity index (χ3n) is 2.67. The van der Waals surface area contributed by atoms with E-state index < -0.39 is 28.7 Å². The fourth-order valence-corrected chi connectivity index (χ4v) is 2.75. The number of ether oxygens (including phenoxy) is 1. The van der Waals surface area contributed by atoms with Gasteiger partial charge >= 0.3 is 5.97 Å². The Labute approximate surface area is 126 Å². The van der Waals surface area contributed by atoms with E-state index in [4.69, 9.17) is 9.84 Å². The maximum Gasteiger partial charge on any atom is 0.326 e. The molecule has 1 amide bonds. The number of hydrogen-bond acceptors (Lipinski definition) is 4. The summed E-state index contributed by atoms with van der Waals surface area (Å²) in [6.45, 7) is 1.94. The van der Waals surface area contributed by atoms with Gasteiger partial charge in [0.1, 0.15) is 12.6 Å². The smallest absolute Gasteiger partial charge is 0.326 e. The number of rotatable bonds is 9. The van der Waals surface area contributed by atoms with Gasteiger partial charge in [-0.1, -0.05) is 18.2 Å². The Morgan fingerprint density at radius 2 is 2.00 bits per heavy atom. The fraction of sp³-hybridized carbons (Fsp3) is 0.429. The zero-order valence-electron chi connectivity index (χ0n) is 11.8. The minimum Gasteiger partial charge on any atom is -0.480 e. The quantitative estimate of drug-likeness (QED) is 0.703. The third-order valence-corrected chi connectivity index (χ3v) is 4.07. The number of carbonyl (C=O) groups is 2. The lowest BCUT2D eigenvalue weighted by atomic mass is 10.2. The number of benzene rings is 1. The van der Waals surface area contributed by atoms with Crippen molar-refractivity contribution >= 4 is 22.7 Å². The molecule has 116 valence electrons. The maximum absolute atomic E-state index is 12.0. The SMILES string of the molecule is CCOCC(=O)N[C@@H](CC[S@](=O)c1ccccc1)C(=O)O. The molecule has 0 saturated heterocycles. The minimum atomic E-state index is -1.29. The topological polar surface area (TPSA) is 92.7 Å². The first kappa shape index (κ1) is 17.3. The van der Waals surface area contributed by atoms with Crippen LogP contribution in [0.2, 0.25) is 0 Å². The van der Waals surface area contributed by atoms with Crippen molar-refractivity contribution in [2.45, 2.75) is 24.3 Å². The van der Waals surface area contributed by atoms with E-state index in [2.05, 4.69) is 5.32 Å². The van der Waals surface area contributed by atoms with Crippen molar-refractivity contribution in [3.8, 4) is 0 Å². The van der Waals surface area contributed by atoms with Crippen LogP contribution in [0.15, 0.2) is 35.2 Å². The van der Waals surface area contributed by atoms with Gasteiger partial charge in [0.25, 0.3) is 0 Å². The summed E-state index contributed by atoms with van der Waals surface area (Å²) in [6, 6.07) is 7.73. The van der Waals surface area contributed by atoms with Crippen LogP contribution in [0.1, 0.15) is 13.3 Å². The van der Waals surface area contributed by atoms with Crippen LogP contribution in [0.5, 0.6) is 0 Å². The predicted octanol–water partition coefficient (Wildman–Crippen LogP) is 0.790. The molecule has 1 aromatic rings. The Morgan fingerprint density at radius 3 is 2.57 bits per heavy atom. The lowest BCUT2D eigenvalue weighted by molar-refractivity contribution is -0.142. The van der Waals surface area contributed by atoms with Gasteiger partial charge in [0.2, 0.25) is 5.91 Å². The number of carboxylic acid groups (broad SMARTS) is 1. The van der Waals surface area contributed by atoms with Crippen molar-refractivity contribution in [1.29, 1.82) is 0 Å². The molecule has 0 aromatic heterocycles. The van der Waals surface area contributed by atoms with Crippen LogP contribution in [0, 0.1) is 0 Å². The van der Waals surface area contributed by atoms with Gasteiger partial charge in [0.05, 0.1) is 10.8 Å². The average molecular weight is 313 g/mol. The van der Waals surface area contributed by atoms with Crippen molar-refractivity contribution in [2.75, 3.05) is 19.0 Å². The zero-order chi connectivity index (χ0) is 15.7.